The van der Waals surface area contributed by atoms with Gasteiger partial charge in [0.15, 0.2) is 0 Å². The Hall–Kier alpha value is -2.26. The molecular formula is C20H19ClN2O4S2. The van der Waals surface area contributed by atoms with E-state index < -0.39 is 10.0 Å². The number of amides is 1. The van der Waals surface area contributed by atoms with Gasteiger partial charge >= 0.3 is 0 Å². The van der Waals surface area contributed by atoms with Gasteiger partial charge in [-0.05, 0) is 61.5 Å². The minimum atomic E-state index is -3.75. The lowest BCUT2D eigenvalue weighted by molar-refractivity contribution is -0.115. The molecule has 3 rings (SSSR count). The first kappa shape index (κ1) is 21.4. The summed E-state index contributed by atoms with van der Waals surface area (Å²) in [6.07, 6.45) is 1.48. The first-order valence-corrected chi connectivity index (χ1v) is 11.4. The quantitative estimate of drug-likeness (QED) is 0.492. The van der Waals surface area contributed by atoms with Crippen LogP contribution in [0.4, 0.5) is 5.69 Å². The van der Waals surface area contributed by atoms with E-state index in [1.807, 2.05) is 12.1 Å². The van der Waals surface area contributed by atoms with Crippen LogP contribution in [0.2, 0.25) is 5.02 Å². The van der Waals surface area contributed by atoms with Crippen LogP contribution in [0.15, 0.2) is 81.1 Å². The standard InChI is InChI=1S/C20H19ClN2O4S2/c1-14(28-18-9-7-15(21)8-10-18)20(24)23-16-4-2-6-19(12-16)29(25,26)22-13-17-5-3-11-27-17/h2-12,14,22H,13H2,1H3,(H,23,24). The van der Waals surface area contributed by atoms with Crippen molar-refractivity contribution in [3.8, 4) is 0 Å². The molecule has 0 aliphatic carbocycles. The van der Waals surface area contributed by atoms with E-state index in [2.05, 4.69) is 10.0 Å². The van der Waals surface area contributed by atoms with Gasteiger partial charge in [-0.1, -0.05) is 17.7 Å². The van der Waals surface area contributed by atoms with Crippen molar-refractivity contribution in [1.29, 1.82) is 0 Å². The van der Waals surface area contributed by atoms with Gasteiger partial charge in [-0.3, -0.25) is 4.79 Å². The van der Waals surface area contributed by atoms with Crippen molar-refractivity contribution in [2.75, 3.05) is 5.32 Å². The molecular weight excluding hydrogens is 432 g/mol. The minimum Gasteiger partial charge on any atom is -0.468 e. The lowest BCUT2D eigenvalue weighted by atomic mass is 10.3. The highest BCUT2D eigenvalue weighted by Gasteiger charge is 2.18. The zero-order chi connectivity index (χ0) is 20.9. The molecule has 9 heteroatoms. The Balaban J connectivity index is 1.63. The lowest BCUT2D eigenvalue weighted by Gasteiger charge is -2.13. The number of carbonyl (C=O) groups is 1. The van der Waals surface area contributed by atoms with Crippen LogP contribution in [-0.4, -0.2) is 19.6 Å². The SMILES string of the molecule is CC(Sc1ccc(Cl)cc1)C(=O)Nc1cccc(S(=O)(=O)NCc2ccco2)c1. The molecule has 0 fully saturated rings. The summed E-state index contributed by atoms with van der Waals surface area (Å²) in [6, 6.07) is 16.7. The Labute approximate surface area is 178 Å². The molecule has 0 saturated heterocycles. The molecule has 1 atom stereocenters. The second-order valence-corrected chi connectivity index (χ2v) is 9.75. The smallest absolute Gasteiger partial charge is 0.241 e. The number of nitrogens with one attached hydrogen (secondary N) is 2. The molecule has 29 heavy (non-hydrogen) atoms. The molecule has 2 aromatic carbocycles. The zero-order valence-electron chi connectivity index (χ0n) is 15.5. The molecule has 2 N–H and O–H groups in total. The summed E-state index contributed by atoms with van der Waals surface area (Å²) in [5.74, 6) is 0.272. The van der Waals surface area contributed by atoms with Gasteiger partial charge in [0, 0.05) is 15.6 Å². The van der Waals surface area contributed by atoms with Gasteiger partial charge in [-0.25, -0.2) is 13.1 Å². The van der Waals surface area contributed by atoms with Gasteiger partial charge in [0.1, 0.15) is 5.76 Å². The van der Waals surface area contributed by atoms with Crippen molar-refractivity contribution >= 4 is 45.0 Å². The minimum absolute atomic E-state index is 0.0423. The van der Waals surface area contributed by atoms with Gasteiger partial charge < -0.3 is 9.73 Å². The second kappa shape index (κ2) is 9.49. The Morgan fingerprint density at radius 2 is 1.90 bits per heavy atom. The molecule has 1 amide bonds. The van der Waals surface area contributed by atoms with E-state index in [1.165, 1.54) is 30.2 Å². The third-order valence-corrected chi connectivity index (χ3v) is 6.69. The molecule has 0 saturated carbocycles. The molecule has 1 unspecified atom stereocenters. The molecule has 6 nitrogen and oxygen atoms in total. The normalized spacial score (nSPS) is 12.5. The molecule has 1 aromatic heterocycles. The molecule has 0 radical (unpaired) electrons. The van der Waals surface area contributed by atoms with E-state index in [0.717, 1.165) is 4.90 Å². The van der Waals surface area contributed by atoms with Crippen LogP contribution < -0.4 is 10.0 Å². The highest BCUT2D eigenvalue weighted by atomic mass is 35.5. The fourth-order valence-electron chi connectivity index (χ4n) is 2.42. The number of thioether (sulfide) groups is 1. The van der Waals surface area contributed by atoms with Crippen molar-refractivity contribution in [3.63, 3.8) is 0 Å². The number of carbonyl (C=O) groups excluding carboxylic acids is 1. The summed E-state index contributed by atoms with van der Waals surface area (Å²) >= 11 is 7.26. The first-order valence-electron chi connectivity index (χ1n) is 8.69. The van der Waals surface area contributed by atoms with Crippen LogP contribution in [0.3, 0.4) is 0 Å². The Morgan fingerprint density at radius 3 is 2.59 bits per heavy atom. The maximum Gasteiger partial charge on any atom is 0.241 e. The Kier molecular flexibility index (Phi) is 7.02. The first-order chi connectivity index (χ1) is 13.8. The summed E-state index contributed by atoms with van der Waals surface area (Å²) in [7, 11) is -3.75. The number of hydrogen-bond acceptors (Lipinski definition) is 5. The van der Waals surface area contributed by atoms with Gasteiger partial charge in [0.05, 0.1) is 23.0 Å². The molecule has 0 spiro atoms. The highest BCUT2D eigenvalue weighted by Crippen LogP contribution is 2.26. The second-order valence-electron chi connectivity index (χ2n) is 6.13. The molecule has 0 bridgehead atoms. The van der Waals surface area contributed by atoms with E-state index in [9.17, 15) is 13.2 Å². The lowest BCUT2D eigenvalue weighted by Crippen LogP contribution is -2.24. The average Bonchev–Trinajstić information content (AvgIpc) is 3.22. The van der Waals surface area contributed by atoms with Crippen LogP contribution >= 0.6 is 23.4 Å². The van der Waals surface area contributed by atoms with E-state index in [1.54, 1.807) is 43.3 Å². The summed E-state index contributed by atoms with van der Waals surface area (Å²) in [5.41, 5.74) is 0.402. The highest BCUT2D eigenvalue weighted by molar-refractivity contribution is 8.00. The van der Waals surface area contributed by atoms with Gasteiger partial charge in [0.25, 0.3) is 0 Å². The van der Waals surface area contributed by atoms with Gasteiger partial charge in [0.2, 0.25) is 15.9 Å². The van der Waals surface area contributed by atoms with Crippen molar-refractivity contribution in [2.24, 2.45) is 0 Å². The number of benzene rings is 2. The zero-order valence-corrected chi connectivity index (χ0v) is 17.9. The third-order valence-electron chi connectivity index (χ3n) is 3.92. The van der Waals surface area contributed by atoms with Crippen LogP contribution in [0, 0.1) is 0 Å². The van der Waals surface area contributed by atoms with Gasteiger partial charge in [-0.2, -0.15) is 0 Å². The van der Waals surface area contributed by atoms with Crippen LogP contribution in [-0.2, 0) is 21.4 Å². The predicted octanol–water partition coefficient (Wildman–Crippen LogP) is 4.53. The van der Waals surface area contributed by atoms with E-state index in [0.29, 0.717) is 16.5 Å². The Bertz CT molecular complexity index is 1070. The van der Waals surface area contributed by atoms with E-state index >= 15 is 0 Å². The summed E-state index contributed by atoms with van der Waals surface area (Å²) in [6.45, 7) is 1.82. The monoisotopic (exact) mass is 450 g/mol. The molecule has 0 aliphatic heterocycles. The largest absolute Gasteiger partial charge is 0.468 e. The molecule has 1 heterocycles. The molecule has 3 aromatic rings. The molecule has 152 valence electrons. The van der Waals surface area contributed by atoms with Crippen LogP contribution in [0.25, 0.3) is 0 Å². The van der Waals surface area contributed by atoms with Crippen molar-refractivity contribution in [2.45, 2.75) is 28.5 Å². The predicted molar refractivity (Wildman–Crippen MR) is 115 cm³/mol. The van der Waals surface area contributed by atoms with Crippen molar-refractivity contribution in [1.82, 2.24) is 4.72 Å². The average molecular weight is 451 g/mol. The summed E-state index contributed by atoms with van der Waals surface area (Å²) in [4.78, 5) is 13.5. The van der Waals surface area contributed by atoms with Crippen LogP contribution in [0.1, 0.15) is 12.7 Å². The number of rotatable bonds is 8. The summed E-state index contributed by atoms with van der Waals surface area (Å²) < 4.78 is 32.6. The van der Waals surface area contributed by atoms with Crippen molar-refractivity contribution < 1.29 is 17.6 Å². The topological polar surface area (TPSA) is 88.4 Å². The van der Waals surface area contributed by atoms with Gasteiger partial charge in [-0.15, -0.1) is 11.8 Å². The van der Waals surface area contributed by atoms with E-state index in [-0.39, 0.29) is 22.6 Å². The maximum absolute atomic E-state index is 12.5. The maximum atomic E-state index is 12.5. The van der Waals surface area contributed by atoms with Crippen LogP contribution in [0.5, 0.6) is 0 Å². The Morgan fingerprint density at radius 1 is 1.14 bits per heavy atom. The van der Waals surface area contributed by atoms with Crippen molar-refractivity contribution in [3.05, 3.63) is 77.7 Å². The fraction of sp³-hybridized carbons (Fsp3) is 0.150. The number of anilines is 1. The third kappa shape index (κ3) is 6.11. The number of halogens is 1. The summed E-state index contributed by atoms with van der Waals surface area (Å²) in [5, 5.41) is 3.01. The molecule has 0 aliphatic rings. The number of furan rings is 1. The number of hydrogen-bond donors (Lipinski definition) is 2. The van der Waals surface area contributed by atoms with E-state index in [4.69, 9.17) is 16.0 Å². The fourth-order valence-corrected chi connectivity index (χ4v) is 4.45. The number of sulfonamides is 1.